The quantitative estimate of drug-likeness (QED) is 0.157. The molecule has 4 aromatic heterocycles. The summed E-state index contributed by atoms with van der Waals surface area (Å²) < 4.78 is 22.1. The number of imidazole rings is 1. The number of amides is 2. The number of aromatic nitrogens is 4. The molecule has 0 aliphatic rings. The predicted molar refractivity (Wildman–Crippen MR) is 173 cm³/mol. The number of carbonyl (C=O) groups is 2. The molecule has 0 aliphatic carbocycles. The molecule has 0 fully saturated rings. The van der Waals surface area contributed by atoms with Gasteiger partial charge in [-0.3, -0.25) is 10.1 Å². The Hall–Kier alpha value is -4.62. The SMILES string of the molecule is Cc1ncc(-c2nc(Nc3ccc(C(=O)Nc4cc(-c5cccs5)ccc4NC(=O)OC(C)(C)C)s3)ncc2F)n1C(C)C. The Morgan fingerprint density at radius 3 is 2.52 bits per heavy atom. The number of hydrogen-bond donors (Lipinski definition) is 3. The fourth-order valence-electron chi connectivity index (χ4n) is 4.47. The van der Waals surface area contributed by atoms with E-state index >= 15 is 0 Å². The third kappa shape index (κ3) is 7.12. The summed E-state index contributed by atoms with van der Waals surface area (Å²) in [5.74, 6) is -0.0153. The standard InChI is InChI=1S/C31H32FN7O3S2/c1-17(2)39-18(3)33-16-23(39)27-20(32)15-34-29(38-27)37-26-12-11-25(44-26)28(40)35-22-14-19(24-8-7-13-43-24)9-10-21(22)36-30(41)42-31(4,5)6/h7-17H,1-6H3,(H,35,40)(H,36,41)(H,34,37,38). The molecule has 44 heavy (non-hydrogen) atoms. The van der Waals surface area contributed by atoms with Crippen molar-refractivity contribution in [3.8, 4) is 21.8 Å². The predicted octanol–water partition coefficient (Wildman–Crippen LogP) is 8.50. The number of ether oxygens (including phenoxy) is 1. The fraction of sp³-hybridized carbons (Fsp3) is 0.258. The number of halogens is 1. The lowest BCUT2D eigenvalue weighted by Crippen LogP contribution is -2.27. The van der Waals surface area contributed by atoms with Gasteiger partial charge < -0.3 is 19.9 Å². The van der Waals surface area contributed by atoms with Crippen LogP contribution in [0.2, 0.25) is 0 Å². The van der Waals surface area contributed by atoms with Gasteiger partial charge in [-0.15, -0.1) is 22.7 Å². The highest BCUT2D eigenvalue weighted by molar-refractivity contribution is 7.18. The van der Waals surface area contributed by atoms with Gasteiger partial charge in [0.15, 0.2) is 5.82 Å². The Balaban J connectivity index is 1.36. The first-order chi connectivity index (χ1) is 20.9. The molecule has 2 amide bonds. The number of carbonyl (C=O) groups excluding carboxylic acids is 2. The summed E-state index contributed by atoms with van der Waals surface area (Å²) >= 11 is 2.74. The van der Waals surface area contributed by atoms with Gasteiger partial charge in [-0.25, -0.2) is 24.1 Å². The molecular weight excluding hydrogens is 602 g/mol. The number of benzene rings is 1. The van der Waals surface area contributed by atoms with Crippen LogP contribution in [0, 0.1) is 12.7 Å². The molecule has 10 nitrogen and oxygen atoms in total. The molecule has 3 N–H and O–H groups in total. The Bertz CT molecular complexity index is 1810. The lowest BCUT2D eigenvalue weighted by Gasteiger charge is -2.20. The second-order valence-electron chi connectivity index (χ2n) is 11.2. The molecule has 5 aromatic rings. The van der Waals surface area contributed by atoms with Crippen LogP contribution in [0.25, 0.3) is 21.8 Å². The van der Waals surface area contributed by atoms with Gasteiger partial charge >= 0.3 is 6.09 Å². The van der Waals surface area contributed by atoms with Crippen LogP contribution < -0.4 is 16.0 Å². The number of nitrogens with zero attached hydrogens (tertiary/aromatic N) is 4. The van der Waals surface area contributed by atoms with E-state index in [9.17, 15) is 14.0 Å². The summed E-state index contributed by atoms with van der Waals surface area (Å²) in [6, 6.07) is 12.8. The first kappa shape index (κ1) is 30.8. The van der Waals surface area contributed by atoms with E-state index in [1.165, 1.54) is 11.3 Å². The van der Waals surface area contributed by atoms with Crippen LogP contribution in [0.4, 0.5) is 31.5 Å². The van der Waals surface area contributed by atoms with Crippen LogP contribution in [0.3, 0.4) is 0 Å². The van der Waals surface area contributed by atoms with Crippen molar-refractivity contribution < 1.29 is 18.7 Å². The normalized spacial score (nSPS) is 11.5. The third-order valence-electron chi connectivity index (χ3n) is 6.26. The van der Waals surface area contributed by atoms with E-state index in [4.69, 9.17) is 4.74 Å². The highest BCUT2D eigenvalue weighted by atomic mass is 32.1. The van der Waals surface area contributed by atoms with Crippen molar-refractivity contribution in [3.05, 3.63) is 76.8 Å². The van der Waals surface area contributed by atoms with E-state index < -0.39 is 17.5 Å². The van der Waals surface area contributed by atoms with Gasteiger partial charge in [-0.2, -0.15) is 0 Å². The number of rotatable bonds is 8. The molecule has 0 bridgehead atoms. The van der Waals surface area contributed by atoms with Crippen molar-refractivity contribution >= 4 is 57.0 Å². The van der Waals surface area contributed by atoms with Crippen LogP contribution in [0.15, 0.2) is 60.2 Å². The van der Waals surface area contributed by atoms with Crippen molar-refractivity contribution in [2.45, 2.75) is 53.2 Å². The molecule has 228 valence electrons. The van der Waals surface area contributed by atoms with Gasteiger partial charge in [-0.1, -0.05) is 12.1 Å². The van der Waals surface area contributed by atoms with Crippen LogP contribution in [-0.4, -0.2) is 37.1 Å². The van der Waals surface area contributed by atoms with Crippen molar-refractivity contribution in [2.75, 3.05) is 16.0 Å². The molecule has 0 radical (unpaired) electrons. The van der Waals surface area contributed by atoms with Gasteiger partial charge in [0.1, 0.15) is 17.1 Å². The summed E-state index contributed by atoms with van der Waals surface area (Å²) in [6.07, 6.45) is 2.07. The smallest absolute Gasteiger partial charge is 0.412 e. The molecule has 0 atom stereocenters. The van der Waals surface area contributed by atoms with E-state index in [1.54, 1.807) is 62.6 Å². The maximum Gasteiger partial charge on any atom is 0.412 e. The minimum absolute atomic E-state index is 0.0579. The average Bonchev–Trinajstić information content (AvgIpc) is 3.71. The minimum atomic E-state index is -0.686. The second-order valence-corrected chi connectivity index (χ2v) is 13.2. The molecule has 5 rings (SSSR count). The molecule has 4 heterocycles. The Morgan fingerprint density at radius 2 is 1.82 bits per heavy atom. The first-order valence-electron chi connectivity index (χ1n) is 13.8. The number of anilines is 4. The Kier molecular flexibility index (Phi) is 8.79. The zero-order chi connectivity index (χ0) is 31.6. The highest BCUT2D eigenvalue weighted by Crippen LogP contribution is 2.34. The average molecular weight is 634 g/mol. The highest BCUT2D eigenvalue weighted by Gasteiger charge is 2.21. The van der Waals surface area contributed by atoms with Crippen LogP contribution in [-0.2, 0) is 4.74 Å². The monoisotopic (exact) mass is 633 g/mol. The van der Waals surface area contributed by atoms with Gasteiger partial charge in [0.05, 0.1) is 39.3 Å². The molecule has 1 aromatic carbocycles. The topological polar surface area (TPSA) is 123 Å². The number of aryl methyl sites for hydroxylation is 1. The van der Waals surface area contributed by atoms with Gasteiger partial charge in [0.25, 0.3) is 5.91 Å². The van der Waals surface area contributed by atoms with E-state index in [0.29, 0.717) is 26.9 Å². The molecule has 0 spiro atoms. The molecular formula is C31H32FN7O3S2. The van der Waals surface area contributed by atoms with Crippen molar-refractivity contribution in [3.63, 3.8) is 0 Å². The van der Waals surface area contributed by atoms with Gasteiger partial charge in [0, 0.05) is 10.9 Å². The summed E-state index contributed by atoms with van der Waals surface area (Å²) in [5.41, 5.74) is 1.68. The van der Waals surface area contributed by atoms with Crippen molar-refractivity contribution in [2.24, 2.45) is 0 Å². The van der Waals surface area contributed by atoms with Gasteiger partial charge in [-0.05, 0) is 82.8 Å². The fourth-order valence-corrected chi connectivity index (χ4v) is 5.99. The minimum Gasteiger partial charge on any atom is -0.444 e. The molecule has 13 heteroatoms. The molecule has 0 saturated carbocycles. The lowest BCUT2D eigenvalue weighted by atomic mass is 10.1. The van der Waals surface area contributed by atoms with Crippen LogP contribution in [0.5, 0.6) is 0 Å². The maximum absolute atomic E-state index is 14.8. The van der Waals surface area contributed by atoms with E-state index in [-0.39, 0.29) is 23.6 Å². The summed E-state index contributed by atoms with van der Waals surface area (Å²) in [6.45, 7) is 11.2. The Labute approximate surface area is 262 Å². The van der Waals surface area contributed by atoms with E-state index in [0.717, 1.165) is 22.5 Å². The zero-order valence-corrected chi connectivity index (χ0v) is 26.7. The first-order valence-corrected chi connectivity index (χ1v) is 15.5. The van der Waals surface area contributed by atoms with E-state index in [1.807, 2.05) is 48.9 Å². The molecule has 0 unspecified atom stereocenters. The lowest BCUT2D eigenvalue weighted by molar-refractivity contribution is 0.0635. The second kappa shape index (κ2) is 12.5. The van der Waals surface area contributed by atoms with Crippen LogP contribution in [0.1, 0.15) is 56.2 Å². The Morgan fingerprint density at radius 1 is 1.02 bits per heavy atom. The molecule has 0 saturated heterocycles. The zero-order valence-electron chi connectivity index (χ0n) is 25.1. The number of thiophene rings is 2. The molecule has 0 aliphatic heterocycles. The third-order valence-corrected chi connectivity index (χ3v) is 8.18. The summed E-state index contributed by atoms with van der Waals surface area (Å²) in [7, 11) is 0. The van der Waals surface area contributed by atoms with Crippen molar-refractivity contribution in [1.82, 2.24) is 19.5 Å². The van der Waals surface area contributed by atoms with Crippen LogP contribution >= 0.6 is 22.7 Å². The number of nitrogens with one attached hydrogen (secondary N) is 3. The number of hydrogen-bond acceptors (Lipinski definition) is 9. The van der Waals surface area contributed by atoms with Gasteiger partial charge in [0.2, 0.25) is 5.95 Å². The largest absolute Gasteiger partial charge is 0.444 e. The van der Waals surface area contributed by atoms with E-state index in [2.05, 4.69) is 30.9 Å². The summed E-state index contributed by atoms with van der Waals surface area (Å²) in [5, 5.41) is 11.3. The maximum atomic E-state index is 14.8. The van der Waals surface area contributed by atoms with Crippen molar-refractivity contribution in [1.29, 1.82) is 0 Å². The summed E-state index contributed by atoms with van der Waals surface area (Å²) in [4.78, 5) is 40.1.